The van der Waals surface area contributed by atoms with Gasteiger partial charge in [0.05, 0.1) is 34.7 Å². The van der Waals surface area contributed by atoms with Crippen LogP contribution in [0.4, 0.5) is 0 Å². The van der Waals surface area contributed by atoms with Crippen LogP contribution in [0.1, 0.15) is 76.9 Å². The van der Waals surface area contributed by atoms with E-state index in [1.54, 1.807) is 32.1 Å². The number of hydrogen-bond donors (Lipinski definition) is 2. The third-order valence-corrected chi connectivity index (χ3v) is 7.04. The minimum absolute atomic E-state index is 0.246. The van der Waals surface area contributed by atoms with E-state index < -0.39 is 35.6 Å². The molecule has 0 amide bonds. The van der Waals surface area contributed by atoms with Crippen molar-refractivity contribution in [2.24, 2.45) is 11.3 Å². The number of esters is 1. The van der Waals surface area contributed by atoms with Gasteiger partial charge < -0.3 is 14.9 Å². The van der Waals surface area contributed by atoms with Crippen LogP contribution < -0.4 is 0 Å². The first-order valence-electron chi connectivity index (χ1n) is 11.4. The molecular formula is C25H37NO5S. The number of ketones is 1. The maximum Gasteiger partial charge on any atom is 0.309 e. The molecule has 0 aromatic carbocycles. The van der Waals surface area contributed by atoms with Crippen LogP contribution in [0.15, 0.2) is 23.1 Å². The second-order valence-corrected chi connectivity index (χ2v) is 10.4. The number of aliphatic hydroxyl groups excluding tert-OH is 2. The van der Waals surface area contributed by atoms with Crippen LogP contribution in [0.3, 0.4) is 0 Å². The molecule has 1 aromatic heterocycles. The summed E-state index contributed by atoms with van der Waals surface area (Å²) >= 11 is 1.56. The number of aromatic nitrogens is 1. The molecule has 0 bridgehead atoms. The van der Waals surface area contributed by atoms with Crippen molar-refractivity contribution in [3.05, 3.63) is 33.8 Å². The lowest BCUT2D eigenvalue weighted by molar-refractivity contribution is -0.153. The molecule has 1 aliphatic heterocycles. The van der Waals surface area contributed by atoms with Gasteiger partial charge in [-0.15, -0.1) is 11.3 Å². The van der Waals surface area contributed by atoms with Gasteiger partial charge in [0.15, 0.2) is 0 Å². The summed E-state index contributed by atoms with van der Waals surface area (Å²) in [5, 5.41) is 24.1. The normalized spacial score (nSPS) is 30.0. The summed E-state index contributed by atoms with van der Waals surface area (Å²) in [7, 11) is 0. The molecule has 1 aliphatic rings. The van der Waals surface area contributed by atoms with Gasteiger partial charge in [0.2, 0.25) is 0 Å². The lowest BCUT2D eigenvalue weighted by Gasteiger charge is -2.33. The summed E-state index contributed by atoms with van der Waals surface area (Å²) in [6.07, 6.45) is 6.89. The molecule has 32 heavy (non-hydrogen) atoms. The van der Waals surface area contributed by atoms with Crippen molar-refractivity contribution in [2.45, 2.75) is 91.5 Å². The fraction of sp³-hybridized carbons (Fsp3) is 0.640. The lowest BCUT2D eigenvalue weighted by Crippen LogP contribution is -2.44. The van der Waals surface area contributed by atoms with Crippen molar-refractivity contribution in [1.82, 2.24) is 4.98 Å². The quantitative estimate of drug-likeness (QED) is 0.490. The van der Waals surface area contributed by atoms with Crippen LogP contribution in [0.2, 0.25) is 0 Å². The molecule has 0 saturated heterocycles. The Morgan fingerprint density at radius 1 is 1.25 bits per heavy atom. The Bertz CT molecular complexity index is 841. The predicted molar refractivity (Wildman–Crippen MR) is 127 cm³/mol. The highest BCUT2D eigenvalue weighted by atomic mass is 32.1. The van der Waals surface area contributed by atoms with Crippen LogP contribution in [-0.4, -0.2) is 45.3 Å². The van der Waals surface area contributed by atoms with Gasteiger partial charge in [-0.2, -0.15) is 0 Å². The summed E-state index contributed by atoms with van der Waals surface area (Å²) in [5.74, 6) is -1.42. The number of ether oxygens (including phenoxy) is 1. The molecule has 178 valence electrons. The van der Waals surface area contributed by atoms with Crippen LogP contribution in [-0.2, 0) is 14.3 Å². The third-order valence-electron chi connectivity index (χ3n) is 6.25. The standard InChI is InChI=1S/C25H37NO5S/c1-16(13-19-15-32-18(3)26-19)21-12-10-8-6-7-9-11-20(27)17(2)24(30)25(4,5)22(28)14-23(29)31-21/h8,10,13,15,17,20-22,27-28H,6-7,9,11-12,14H2,1-5H3/b10-8-,16-13-/t17-,20+,21+,22+/m1/s1. The minimum Gasteiger partial charge on any atom is -0.457 e. The smallest absolute Gasteiger partial charge is 0.309 e. The highest BCUT2D eigenvalue weighted by Crippen LogP contribution is 2.31. The topological polar surface area (TPSA) is 96.7 Å². The zero-order chi connectivity index (χ0) is 23.9. The second kappa shape index (κ2) is 11.9. The molecule has 0 radical (unpaired) electrons. The zero-order valence-corrected chi connectivity index (χ0v) is 20.7. The number of allylic oxidation sites excluding steroid dienone is 1. The monoisotopic (exact) mass is 463 g/mol. The number of carbonyl (C=O) groups excluding carboxylic acids is 2. The van der Waals surface area contributed by atoms with Crippen molar-refractivity contribution >= 4 is 29.2 Å². The van der Waals surface area contributed by atoms with Crippen molar-refractivity contribution in [2.75, 3.05) is 0 Å². The molecule has 2 N–H and O–H groups in total. The molecular weight excluding hydrogens is 426 g/mol. The maximum atomic E-state index is 13.0. The molecule has 1 aromatic rings. The molecule has 2 heterocycles. The average molecular weight is 464 g/mol. The van der Waals surface area contributed by atoms with E-state index in [4.69, 9.17) is 4.74 Å². The number of nitrogens with zero attached hydrogens (tertiary/aromatic N) is 1. The van der Waals surface area contributed by atoms with Gasteiger partial charge in [-0.1, -0.05) is 39.3 Å². The first-order chi connectivity index (χ1) is 15.0. The number of cyclic esters (lactones) is 1. The SMILES string of the molecule is C/C(=C/c1csc(C)n1)[C@@H]1C/C=C\CCCC[C@H](O)[C@@H](C)C(=O)C(C)(C)[C@@H](O)CC(=O)O1. The number of thiazole rings is 1. The van der Waals surface area contributed by atoms with E-state index in [0.717, 1.165) is 35.5 Å². The van der Waals surface area contributed by atoms with Crippen LogP contribution in [0.5, 0.6) is 0 Å². The summed E-state index contributed by atoms with van der Waals surface area (Å²) < 4.78 is 5.74. The molecule has 6 nitrogen and oxygen atoms in total. The molecule has 0 fully saturated rings. The molecule has 0 aliphatic carbocycles. The number of rotatable bonds is 2. The number of aryl methyl sites for hydroxylation is 1. The molecule has 7 heteroatoms. The van der Waals surface area contributed by atoms with Crippen molar-refractivity contribution in [3.63, 3.8) is 0 Å². The molecule has 0 spiro atoms. The zero-order valence-electron chi connectivity index (χ0n) is 19.8. The van der Waals surface area contributed by atoms with Crippen molar-refractivity contribution < 1.29 is 24.5 Å². The van der Waals surface area contributed by atoms with E-state index in [1.165, 1.54) is 0 Å². The van der Waals surface area contributed by atoms with Gasteiger partial charge in [0.1, 0.15) is 11.9 Å². The van der Waals surface area contributed by atoms with E-state index in [2.05, 4.69) is 11.1 Å². The fourth-order valence-electron chi connectivity index (χ4n) is 3.85. The fourth-order valence-corrected chi connectivity index (χ4v) is 4.42. The molecule has 2 rings (SSSR count). The van der Waals surface area contributed by atoms with Crippen molar-refractivity contribution in [1.29, 1.82) is 0 Å². The van der Waals surface area contributed by atoms with Crippen LogP contribution >= 0.6 is 11.3 Å². The summed E-state index contributed by atoms with van der Waals surface area (Å²) in [6.45, 7) is 8.78. The van der Waals surface area contributed by atoms with Gasteiger partial charge in [-0.3, -0.25) is 9.59 Å². The van der Waals surface area contributed by atoms with Crippen LogP contribution in [0, 0.1) is 18.3 Å². The van der Waals surface area contributed by atoms with Gasteiger partial charge in [0, 0.05) is 17.7 Å². The summed E-state index contributed by atoms with van der Waals surface area (Å²) in [5.41, 5.74) is 0.530. The maximum absolute atomic E-state index is 13.0. The molecule has 0 unspecified atom stereocenters. The first-order valence-corrected chi connectivity index (χ1v) is 12.3. The van der Waals surface area contributed by atoms with Crippen molar-refractivity contribution in [3.8, 4) is 0 Å². The Morgan fingerprint density at radius 2 is 1.97 bits per heavy atom. The summed E-state index contributed by atoms with van der Waals surface area (Å²) in [6, 6.07) is 0. The van der Waals surface area contributed by atoms with Gasteiger partial charge in [0.25, 0.3) is 0 Å². The van der Waals surface area contributed by atoms with E-state index in [0.29, 0.717) is 12.8 Å². The van der Waals surface area contributed by atoms with E-state index in [1.807, 2.05) is 31.4 Å². The third kappa shape index (κ3) is 7.36. The number of carbonyl (C=O) groups is 2. The van der Waals surface area contributed by atoms with E-state index in [9.17, 15) is 19.8 Å². The average Bonchev–Trinajstić information content (AvgIpc) is 3.14. The Balaban J connectivity index is 2.24. The van der Waals surface area contributed by atoms with E-state index in [-0.39, 0.29) is 12.2 Å². The first kappa shape index (κ1) is 26.4. The highest BCUT2D eigenvalue weighted by molar-refractivity contribution is 7.09. The molecule has 0 saturated carbocycles. The second-order valence-electron chi connectivity index (χ2n) is 9.31. The van der Waals surface area contributed by atoms with Gasteiger partial charge in [-0.25, -0.2) is 4.98 Å². The largest absolute Gasteiger partial charge is 0.457 e. The summed E-state index contributed by atoms with van der Waals surface area (Å²) in [4.78, 5) is 30.1. The number of aliphatic hydroxyl groups is 2. The number of Topliss-reactive ketones (excluding diaryl/α,β-unsaturated/α-hetero) is 1. The van der Waals surface area contributed by atoms with Gasteiger partial charge >= 0.3 is 5.97 Å². The Morgan fingerprint density at radius 3 is 2.62 bits per heavy atom. The van der Waals surface area contributed by atoms with E-state index >= 15 is 0 Å². The van der Waals surface area contributed by atoms with Crippen LogP contribution in [0.25, 0.3) is 6.08 Å². The minimum atomic E-state index is -1.20. The lowest BCUT2D eigenvalue weighted by atomic mass is 9.74. The highest BCUT2D eigenvalue weighted by Gasteiger charge is 2.41. The Hall–Kier alpha value is -1.83. The Labute approximate surface area is 195 Å². The molecule has 4 atom stereocenters. The number of hydrogen-bond acceptors (Lipinski definition) is 7. The van der Waals surface area contributed by atoms with Gasteiger partial charge in [-0.05, 0) is 44.8 Å². The predicted octanol–water partition coefficient (Wildman–Crippen LogP) is 4.63. The Kier molecular flexibility index (Phi) is 9.80.